The molecule has 0 radical (unpaired) electrons. The molecule has 0 fully saturated rings. The lowest BCUT2D eigenvalue weighted by atomic mass is 10.1. The number of carbonyl (C=O) groups is 1. The van der Waals surface area contributed by atoms with Gasteiger partial charge in [0.05, 0.1) is 17.0 Å². The van der Waals surface area contributed by atoms with Gasteiger partial charge in [0.1, 0.15) is 6.61 Å². The van der Waals surface area contributed by atoms with E-state index < -0.39 is 18.8 Å². The van der Waals surface area contributed by atoms with Gasteiger partial charge in [0.15, 0.2) is 5.84 Å². The highest BCUT2D eigenvalue weighted by Crippen LogP contribution is 2.16. The molecule has 0 atom stereocenters. The zero-order valence-electron chi connectivity index (χ0n) is 12.2. The van der Waals surface area contributed by atoms with Gasteiger partial charge >= 0.3 is 12.1 Å². The second kappa shape index (κ2) is 7.93. The van der Waals surface area contributed by atoms with E-state index in [1.165, 1.54) is 35.6 Å². The van der Waals surface area contributed by atoms with Crippen LogP contribution in [0.1, 0.15) is 20.8 Å². The molecule has 1 aromatic heterocycles. The predicted molar refractivity (Wildman–Crippen MR) is 82.6 cm³/mol. The highest BCUT2D eigenvalue weighted by Gasteiger charge is 2.27. The minimum atomic E-state index is -4.40. The van der Waals surface area contributed by atoms with Crippen LogP contribution in [0.5, 0.6) is 0 Å². The molecule has 9 heteroatoms. The van der Waals surface area contributed by atoms with Crippen LogP contribution < -0.4 is 5.73 Å². The van der Waals surface area contributed by atoms with Crippen LogP contribution in [0.15, 0.2) is 46.9 Å². The van der Waals surface area contributed by atoms with Crippen LogP contribution in [0.2, 0.25) is 0 Å². The summed E-state index contributed by atoms with van der Waals surface area (Å²) < 4.78 is 40.6. The van der Waals surface area contributed by atoms with E-state index in [0.717, 1.165) is 0 Å². The number of thiophene rings is 1. The Hall–Kier alpha value is -2.39. The molecule has 2 aromatic rings. The molecule has 0 spiro atoms. The lowest BCUT2D eigenvalue weighted by Gasteiger charge is -2.08. The summed E-state index contributed by atoms with van der Waals surface area (Å²) in [4.78, 5) is 17.3. The van der Waals surface area contributed by atoms with Gasteiger partial charge in [-0.15, -0.1) is 11.3 Å². The molecule has 0 amide bonds. The molecule has 0 bridgehead atoms. The van der Waals surface area contributed by atoms with Gasteiger partial charge in [0.2, 0.25) is 0 Å². The van der Waals surface area contributed by atoms with Gasteiger partial charge in [-0.3, -0.25) is 0 Å². The van der Waals surface area contributed by atoms with E-state index in [4.69, 9.17) is 10.6 Å². The zero-order chi connectivity index (χ0) is 17.6. The van der Waals surface area contributed by atoms with Crippen LogP contribution >= 0.6 is 11.3 Å². The number of ether oxygens (including phenoxy) is 1. The number of oxime groups is 1. The molecule has 128 valence electrons. The maximum Gasteiger partial charge on any atom is 0.411 e. The molecule has 24 heavy (non-hydrogen) atoms. The first-order chi connectivity index (χ1) is 11.3. The number of benzene rings is 1. The van der Waals surface area contributed by atoms with Crippen LogP contribution in [0.4, 0.5) is 13.2 Å². The first-order valence-corrected chi connectivity index (χ1v) is 7.55. The van der Waals surface area contributed by atoms with Crippen molar-refractivity contribution in [1.82, 2.24) is 0 Å². The fourth-order valence-electron chi connectivity index (χ4n) is 1.69. The maximum absolute atomic E-state index is 12.0. The number of hydrogen-bond donors (Lipinski definition) is 1. The molecule has 2 N–H and O–H groups in total. The van der Waals surface area contributed by atoms with Crippen molar-refractivity contribution in [2.24, 2.45) is 10.9 Å². The van der Waals surface area contributed by atoms with Crippen molar-refractivity contribution in [3.63, 3.8) is 0 Å². The SMILES string of the molecule is N/C(=N\OC(=O)c1cccc(COCC(F)(F)F)c1)c1cccs1. The second-order valence-corrected chi connectivity index (χ2v) is 5.59. The number of alkyl halides is 3. The Kier molecular flexibility index (Phi) is 5.93. The van der Waals surface area contributed by atoms with Crippen LogP contribution in [0.25, 0.3) is 0 Å². The van der Waals surface area contributed by atoms with Gasteiger partial charge in [-0.1, -0.05) is 23.4 Å². The fourth-order valence-corrected chi connectivity index (χ4v) is 2.30. The molecule has 0 saturated carbocycles. The molecule has 5 nitrogen and oxygen atoms in total. The first-order valence-electron chi connectivity index (χ1n) is 6.67. The van der Waals surface area contributed by atoms with Gasteiger partial charge in [0.25, 0.3) is 0 Å². The summed E-state index contributed by atoms with van der Waals surface area (Å²) >= 11 is 1.34. The Morgan fingerprint density at radius 2 is 2.04 bits per heavy atom. The lowest BCUT2D eigenvalue weighted by Crippen LogP contribution is -2.16. The first kappa shape index (κ1) is 18.0. The summed E-state index contributed by atoms with van der Waals surface area (Å²) in [5, 5.41) is 5.34. The minimum absolute atomic E-state index is 0.0583. The highest BCUT2D eigenvalue weighted by atomic mass is 32.1. The Balaban J connectivity index is 1.95. The van der Waals surface area contributed by atoms with Crippen LogP contribution in [-0.2, 0) is 16.2 Å². The maximum atomic E-state index is 12.0. The average molecular weight is 358 g/mol. The smallest absolute Gasteiger partial charge is 0.380 e. The van der Waals surface area contributed by atoms with Gasteiger partial charge < -0.3 is 15.3 Å². The number of rotatable bonds is 6. The third-order valence-corrected chi connectivity index (χ3v) is 3.59. The van der Waals surface area contributed by atoms with Crippen molar-refractivity contribution in [2.75, 3.05) is 6.61 Å². The van der Waals surface area contributed by atoms with Crippen molar-refractivity contribution >= 4 is 23.1 Å². The predicted octanol–water partition coefficient (Wildman–Crippen LogP) is 3.30. The number of amidine groups is 1. The number of carbonyl (C=O) groups excluding carboxylic acids is 1. The van der Waals surface area contributed by atoms with Crippen molar-refractivity contribution in [3.05, 3.63) is 57.8 Å². The molecule has 0 aliphatic rings. The van der Waals surface area contributed by atoms with Crippen molar-refractivity contribution in [2.45, 2.75) is 12.8 Å². The number of nitrogens with two attached hydrogens (primary N) is 1. The van der Waals surface area contributed by atoms with Crippen LogP contribution in [0.3, 0.4) is 0 Å². The monoisotopic (exact) mass is 358 g/mol. The molecule has 1 heterocycles. The fraction of sp³-hybridized carbons (Fsp3) is 0.200. The second-order valence-electron chi connectivity index (χ2n) is 4.64. The van der Waals surface area contributed by atoms with Gasteiger partial charge in [-0.05, 0) is 29.1 Å². The third kappa shape index (κ3) is 5.67. The van der Waals surface area contributed by atoms with Crippen molar-refractivity contribution in [1.29, 1.82) is 0 Å². The Morgan fingerprint density at radius 1 is 1.25 bits per heavy atom. The van der Waals surface area contributed by atoms with Crippen LogP contribution in [-0.4, -0.2) is 24.6 Å². The van der Waals surface area contributed by atoms with Crippen molar-refractivity contribution in [3.8, 4) is 0 Å². The van der Waals surface area contributed by atoms with E-state index >= 15 is 0 Å². The summed E-state index contributed by atoms with van der Waals surface area (Å²) in [6.45, 7) is -1.63. The third-order valence-electron chi connectivity index (χ3n) is 2.70. The largest absolute Gasteiger partial charge is 0.411 e. The lowest BCUT2D eigenvalue weighted by molar-refractivity contribution is -0.176. The highest BCUT2D eigenvalue weighted by molar-refractivity contribution is 7.12. The molecule has 0 unspecified atom stereocenters. The zero-order valence-corrected chi connectivity index (χ0v) is 13.1. The minimum Gasteiger partial charge on any atom is -0.380 e. The van der Waals surface area contributed by atoms with E-state index in [9.17, 15) is 18.0 Å². The van der Waals surface area contributed by atoms with Crippen molar-refractivity contribution < 1.29 is 27.5 Å². The standard InChI is InChI=1S/C15H13F3N2O3S/c16-15(17,18)9-22-8-10-3-1-4-11(7-10)14(21)23-20-13(19)12-5-2-6-24-12/h1-7H,8-9H2,(H2,19,20). The van der Waals surface area contributed by atoms with E-state index in [2.05, 4.69) is 9.89 Å². The Labute approximate surface area is 139 Å². The summed E-state index contributed by atoms with van der Waals surface area (Å²) in [6.07, 6.45) is -4.40. The molecule has 0 aliphatic heterocycles. The molecular formula is C15H13F3N2O3S. The Morgan fingerprint density at radius 3 is 2.71 bits per heavy atom. The van der Waals surface area contributed by atoms with E-state index in [1.807, 2.05) is 0 Å². The topological polar surface area (TPSA) is 73.9 Å². The summed E-state index contributed by atoms with van der Waals surface area (Å²) in [5.41, 5.74) is 6.20. The summed E-state index contributed by atoms with van der Waals surface area (Å²) in [7, 11) is 0. The normalized spacial score (nSPS) is 12.2. The quantitative estimate of drug-likeness (QED) is 0.372. The van der Waals surface area contributed by atoms with Crippen LogP contribution in [0, 0.1) is 0 Å². The molecule has 0 saturated heterocycles. The average Bonchev–Trinajstić information content (AvgIpc) is 3.06. The molecular weight excluding hydrogens is 345 g/mol. The molecule has 1 aromatic carbocycles. The summed E-state index contributed by atoms with van der Waals surface area (Å²) in [6, 6.07) is 9.36. The van der Waals surface area contributed by atoms with Gasteiger partial charge in [-0.25, -0.2) is 4.79 Å². The molecule has 2 rings (SSSR count). The van der Waals surface area contributed by atoms with E-state index in [0.29, 0.717) is 10.4 Å². The van der Waals surface area contributed by atoms with Gasteiger partial charge in [0, 0.05) is 0 Å². The van der Waals surface area contributed by atoms with E-state index in [-0.39, 0.29) is 18.0 Å². The van der Waals surface area contributed by atoms with E-state index in [1.54, 1.807) is 17.5 Å². The number of nitrogens with zero attached hydrogens (tertiary/aromatic N) is 1. The molecule has 0 aliphatic carbocycles. The Bertz CT molecular complexity index is 715. The number of halogens is 3. The number of hydrogen-bond acceptors (Lipinski definition) is 5. The van der Waals surface area contributed by atoms with Gasteiger partial charge in [-0.2, -0.15) is 13.2 Å². The summed E-state index contributed by atoms with van der Waals surface area (Å²) in [5.74, 6) is -0.713.